The lowest BCUT2D eigenvalue weighted by Gasteiger charge is -2.40. The Bertz CT molecular complexity index is 1030. The average molecular weight is 457 g/mol. The minimum absolute atomic E-state index is 0.419. The maximum atomic E-state index is 10.4. The summed E-state index contributed by atoms with van der Waals surface area (Å²) < 4.78 is 5.65. The Kier molecular flexibility index (Phi) is 7.15. The molecule has 1 aliphatic heterocycles. The van der Waals surface area contributed by atoms with E-state index < -0.39 is 37.1 Å². The molecule has 1 aliphatic rings. The summed E-state index contributed by atoms with van der Waals surface area (Å²) in [6.07, 6.45) is -4.96. The van der Waals surface area contributed by atoms with Gasteiger partial charge in [0, 0.05) is 17.9 Å². The lowest BCUT2D eigenvalue weighted by atomic mass is 9.90. The molecule has 2 aromatic carbocycles. The minimum atomic E-state index is -1.44. The van der Waals surface area contributed by atoms with Crippen LogP contribution in [0.3, 0.4) is 0 Å². The van der Waals surface area contributed by atoms with Gasteiger partial charge in [0.1, 0.15) is 30.5 Å². The van der Waals surface area contributed by atoms with Gasteiger partial charge in [-0.05, 0) is 34.9 Å². The Hall–Kier alpha value is -2.39. The van der Waals surface area contributed by atoms with Gasteiger partial charge >= 0.3 is 0 Å². The maximum absolute atomic E-state index is 10.4. The smallest absolute Gasteiger partial charge is 0.113 e. The van der Waals surface area contributed by atoms with Crippen molar-refractivity contribution in [3.05, 3.63) is 93.8 Å². The fourth-order valence-electron chi connectivity index (χ4n) is 3.86. The third-order valence-corrected chi connectivity index (χ3v) is 6.03. The molecule has 7 nitrogen and oxygen atoms in total. The number of aromatic nitrogens is 2. The van der Waals surface area contributed by atoms with Crippen LogP contribution in [-0.4, -0.2) is 61.6 Å². The molecular formula is C24H25ClN2O5. The van der Waals surface area contributed by atoms with Crippen molar-refractivity contribution in [3.8, 4) is 0 Å². The van der Waals surface area contributed by atoms with Crippen molar-refractivity contribution < 1.29 is 25.2 Å². The second-order valence-corrected chi connectivity index (χ2v) is 8.36. The number of rotatable bonds is 6. The molecule has 2 heterocycles. The lowest BCUT2D eigenvalue weighted by Crippen LogP contribution is -2.55. The predicted molar refractivity (Wildman–Crippen MR) is 118 cm³/mol. The van der Waals surface area contributed by atoms with Crippen molar-refractivity contribution in [1.82, 2.24) is 10.2 Å². The Balaban J connectivity index is 1.50. The van der Waals surface area contributed by atoms with Crippen LogP contribution in [0.15, 0.2) is 60.7 Å². The van der Waals surface area contributed by atoms with Crippen LogP contribution in [0.5, 0.6) is 0 Å². The highest BCUT2D eigenvalue weighted by molar-refractivity contribution is 6.31. The summed E-state index contributed by atoms with van der Waals surface area (Å²) in [7, 11) is 0. The molecule has 1 fully saturated rings. The second kappa shape index (κ2) is 10.0. The Morgan fingerprint density at radius 3 is 2.16 bits per heavy atom. The molecule has 4 rings (SSSR count). The van der Waals surface area contributed by atoms with Gasteiger partial charge in [-0.2, -0.15) is 10.2 Å². The standard InChI is InChI=1S/C24H25ClN2O5/c25-19-9-6-15(24-23(31)22(30)21(29)20(13-28)32-24)11-16(19)12-18-8-7-17(26-27-18)10-14-4-2-1-3-5-14/h1-9,11,20-24,28-31H,10,12-13H2/t20-,21-,22+,23-,24+/m1/s1. The van der Waals surface area contributed by atoms with Gasteiger partial charge in [-0.15, -0.1) is 0 Å². The van der Waals surface area contributed by atoms with Crippen molar-refractivity contribution in [3.63, 3.8) is 0 Å². The van der Waals surface area contributed by atoms with E-state index >= 15 is 0 Å². The first kappa shape index (κ1) is 22.8. The largest absolute Gasteiger partial charge is 0.394 e. The maximum Gasteiger partial charge on any atom is 0.113 e. The van der Waals surface area contributed by atoms with Gasteiger partial charge in [0.15, 0.2) is 0 Å². The summed E-state index contributed by atoms with van der Waals surface area (Å²) in [6.45, 7) is -0.479. The van der Waals surface area contributed by atoms with Crippen LogP contribution in [0.4, 0.5) is 0 Å². The van der Waals surface area contributed by atoms with E-state index in [0.717, 1.165) is 22.5 Å². The van der Waals surface area contributed by atoms with Crippen LogP contribution < -0.4 is 0 Å². The van der Waals surface area contributed by atoms with Crippen LogP contribution in [-0.2, 0) is 17.6 Å². The number of aliphatic hydroxyl groups excluding tert-OH is 4. The minimum Gasteiger partial charge on any atom is -0.394 e. The number of nitrogens with zero attached hydrogens (tertiary/aromatic N) is 2. The first-order valence-electron chi connectivity index (χ1n) is 10.4. The number of halogens is 1. The molecule has 0 saturated carbocycles. The molecule has 1 aromatic heterocycles. The molecule has 32 heavy (non-hydrogen) atoms. The summed E-state index contributed by atoms with van der Waals surface area (Å²) in [5, 5.41) is 49.1. The van der Waals surface area contributed by atoms with Crippen LogP contribution in [0.1, 0.15) is 34.2 Å². The van der Waals surface area contributed by atoms with Gasteiger partial charge in [0.2, 0.25) is 0 Å². The van der Waals surface area contributed by atoms with Gasteiger partial charge in [-0.3, -0.25) is 0 Å². The molecule has 0 radical (unpaired) electrons. The predicted octanol–water partition coefficient (Wildman–Crippen LogP) is 1.83. The molecular weight excluding hydrogens is 432 g/mol. The third-order valence-electron chi connectivity index (χ3n) is 5.67. The van der Waals surface area contributed by atoms with E-state index in [-0.39, 0.29) is 0 Å². The number of ether oxygens (including phenoxy) is 1. The van der Waals surface area contributed by atoms with Crippen molar-refractivity contribution in [1.29, 1.82) is 0 Å². The molecule has 4 N–H and O–H groups in total. The van der Waals surface area contributed by atoms with Gasteiger partial charge < -0.3 is 25.2 Å². The number of hydrogen-bond acceptors (Lipinski definition) is 7. The summed E-state index contributed by atoms with van der Waals surface area (Å²) in [4.78, 5) is 0. The summed E-state index contributed by atoms with van der Waals surface area (Å²) in [6, 6.07) is 19.0. The highest BCUT2D eigenvalue weighted by Gasteiger charge is 2.44. The number of benzene rings is 2. The third kappa shape index (κ3) is 4.99. The topological polar surface area (TPSA) is 116 Å². The van der Waals surface area contributed by atoms with Gasteiger partial charge in [0.25, 0.3) is 0 Å². The molecule has 0 bridgehead atoms. The van der Waals surface area contributed by atoms with Crippen LogP contribution in [0.2, 0.25) is 5.02 Å². The normalized spacial score (nSPS) is 25.6. The zero-order valence-corrected chi connectivity index (χ0v) is 18.0. The molecule has 5 atom stereocenters. The summed E-state index contributed by atoms with van der Waals surface area (Å²) in [5.74, 6) is 0. The molecule has 0 unspecified atom stereocenters. The fraction of sp³-hybridized carbons (Fsp3) is 0.333. The molecule has 3 aromatic rings. The van der Waals surface area contributed by atoms with E-state index in [4.69, 9.17) is 16.3 Å². The molecule has 168 valence electrons. The molecule has 0 amide bonds. The number of hydrogen-bond donors (Lipinski definition) is 4. The Morgan fingerprint density at radius 2 is 1.50 bits per heavy atom. The monoisotopic (exact) mass is 456 g/mol. The SMILES string of the molecule is OC[C@H]1O[C@@H](c2ccc(Cl)c(Cc3ccc(Cc4ccccc4)nn3)c2)[C@H](O)[C@@H](O)[C@@H]1O. The van der Waals surface area contributed by atoms with Crippen molar-refractivity contribution in [2.24, 2.45) is 0 Å². The first-order valence-corrected chi connectivity index (χ1v) is 10.8. The van der Waals surface area contributed by atoms with Crippen molar-refractivity contribution >= 4 is 11.6 Å². The first-order chi connectivity index (χ1) is 15.5. The van der Waals surface area contributed by atoms with Crippen LogP contribution in [0.25, 0.3) is 0 Å². The highest BCUT2D eigenvalue weighted by Crippen LogP contribution is 2.34. The molecule has 0 spiro atoms. The van der Waals surface area contributed by atoms with Gasteiger partial charge in [-0.25, -0.2) is 0 Å². The van der Waals surface area contributed by atoms with E-state index in [9.17, 15) is 20.4 Å². The fourth-order valence-corrected chi connectivity index (χ4v) is 4.04. The van der Waals surface area contributed by atoms with E-state index in [1.807, 2.05) is 42.5 Å². The zero-order valence-electron chi connectivity index (χ0n) is 17.3. The summed E-state index contributed by atoms with van der Waals surface area (Å²) in [5.41, 5.74) is 4.08. The van der Waals surface area contributed by atoms with Crippen LogP contribution in [0, 0.1) is 0 Å². The van der Waals surface area contributed by atoms with Crippen molar-refractivity contribution in [2.45, 2.75) is 43.4 Å². The Morgan fingerprint density at radius 1 is 0.812 bits per heavy atom. The molecule has 1 saturated heterocycles. The van der Waals surface area contributed by atoms with Gasteiger partial charge in [-0.1, -0.05) is 54.1 Å². The van der Waals surface area contributed by atoms with Crippen LogP contribution >= 0.6 is 11.6 Å². The molecule has 0 aliphatic carbocycles. The lowest BCUT2D eigenvalue weighted by molar-refractivity contribution is -0.231. The average Bonchev–Trinajstić information content (AvgIpc) is 2.81. The zero-order chi connectivity index (χ0) is 22.7. The number of aliphatic hydroxyl groups is 4. The van der Waals surface area contributed by atoms with E-state index in [1.165, 1.54) is 0 Å². The van der Waals surface area contributed by atoms with E-state index in [1.54, 1.807) is 18.2 Å². The van der Waals surface area contributed by atoms with E-state index in [2.05, 4.69) is 10.2 Å². The Labute approximate surface area is 190 Å². The van der Waals surface area contributed by atoms with Crippen molar-refractivity contribution in [2.75, 3.05) is 6.61 Å². The van der Waals surface area contributed by atoms with E-state index in [0.29, 0.717) is 23.4 Å². The summed E-state index contributed by atoms with van der Waals surface area (Å²) >= 11 is 6.39. The quantitative estimate of drug-likeness (QED) is 0.447. The molecule has 8 heteroatoms. The highest BCUT2D eigenvalue weighted by atomic mass is 35.5. The van der Waals surface area contributed by atoms with Gasteiger partial charge in [0.05, 0.1) is 18.0 Å². The second-order valence-electron chi connectivity index (χ2n) is 7.96.